The molecule has 0 spiro atoms. The minimum Gasteiger partial charge on any atom is -0.496 e. The van der Waals surface area contributed by atoms with Gasteiger partial charge in [0.05, 0.1) is 14.2 Å². The molecule has 1 amide bonds. The molecule has 0 heterocycles. The predicted octanol–water partition coefficient (Wildman–Crippen LogP) is 2.71. The normalized spacial score (nSPS) is 10.0. The highest BCUT2D eigenvalue weighted by molar-refractivity contribution is 5.77. The largest absolute Gasteiger partial charge is 0.496 e. The lowest BCUT2D eigenvalue weighted by molar-refractivity contribution is -0.123. The van der Waals surface area contributed by atoms with Gasteiger partial charge in [0.15, 0.2) is 6.61 Å². The highest BCUT2D eigenvalue weighted by atomic mass is 16.5. The molecule has 122 valence electrons. The van der Waals surface area contributed by atoms with Crippen molar-refractivity contribution in [1.29, 1.82) is 0 Å². The summed E-state index contributed by atoms with van der Waals surface area (Å²) in [7, 11) is 3.22. The van der Waals surface area contributed by atoms with E-state index in [0.717, 1.165) is 16.9 Å². The molecular weight excluding hydrogens is 294 g/mol. The number of hydrogen-bond donors (Lipinski definition) is 1. The zero-order valence-electron chi connectivity index (χ0n) is 13.6. The molecule has 0 bridgehead atoms. The van der Waals surface area contributed by atoms with Crippen LogP contribution in [0.2, 0.25) is 0 Å². The van der Waals surface area contributed by atoms with E-state index in [9.17, 15) is 4.79 Å². The SMILES string of the molecule is COc1ccc(CNC(=O)COc2ccccc2)c(OC)c1C. The maximum Gasteiger partial charge on any atom is 0.258 e. The zero-order chi connectivity index (χ0) is 16.7. The van der Waals surface area contributed by atoms with Crippen molar-refractivity contribution in [3.8, 4) is 17.2 Å². The Bertz CT molecular complexity index is 656. The van der Waals surface area contributed by atoms with E-state index >= 15 is 0 Å². The molecule has 0 aliphatic carbocycles. The van der Waals surface area contributed by atoms with Gasteiger partial charge in [0.25, 0.3) is 5.91 Å². The third kappa shape index (κ3) is 4.39. The lowest BCUT2D eigenvalue weighted by atomic mass is 10.1. The van der Waals surface area contributed by atoms with Gasteiger partial charge in [-0.1, -0.05) is 18.2 Å². The minimum absolute atomic E-state index is 0.0263. The van der Waals surface area contributed by atoms with E-state index in [1.54, 1.807) is 14.2 Å². The fraction of sp³-hybridized carbons (Fsp3) is 0.278. The Morgan fingerprint density at radius 3 is 2.43 bits per heavy atom. The average molecular weight is 315 g/mol. The first-order valence-electron chi connectivity index (χ1n) is 7.30. The molecular formula is C18H21NO4. The summed E-state index contributed by atoms with van der Waals surface area (Å²) in [4.78, 5) is 11.9. The molecule has 0 aliphatic rings. The maximum atomic E-state index is 11.9. The predicted molar refractivity (Wildman–Crippen MR) is 88.1 cm³/mol. The summed E-state index contributed by atoms with van der Waals surface area (Å²) in [6.07, 6.45) is 0. The van der Waals surface area contributed by atoms with Crippen molar-refractivity contribution in [2.75, 3.05) is 20.8 Å². The number of methoxy groups -OCH3 is 2. The van der Waals surface area contributed by atoms with Crippen molar-refractivity contribution in [2.45, 2.75) is 13.5 Å². The monoisotopic (exact) mass is 315 g/mol. The first kappa shape index (κ1) is 16.7. The number of carbonyl (C=O) groups excluding carboxylic acids is 1. The van der Waals surface area contributed by atoms with Crippen molar-refractivity contribution in [1.82, 2.24) is 5.32 Å². The molecule has 0 radical (unpaired) electrons. The summed E-state index contributed by atoms with van der Waals surface area (Å²) in [5.74, 6) is 1.95. The Kier molecular flexibility index (Phi) is 5.86. The van der Waals surface area contributed by atoms with Gasteiger partial charge in [0.1, 0.15) is 17.2 Å². The summed E-state index contributed by atoms with van der Waals surface area (Å²) in [6, 6.07) is 13.0. The van der Waals surface area contributed by atoms with Crippen molar-refractivity contribution in [3.63, 3.8) is 0 Å². The van der Waals surface area contributed by atoms with Crippen molar-refractivity contribution in [3.05, 3.63) is 53.6 Å². The highest BCUT2D eigenvalue weighted by Crippen LogP contribution is 2.31. The second-order valence-electron chi connectivity index (χ2n) is 4.96. The van der Waals surface area contributed by atoms with E-state index in [1.807, 2.05) is 49.4 Å². The molecule has 1 N–H and O–H groups in total. The van der Waals surface area contributed by atoms with Crippen LogP contribution in [0, 0.1) is 6.92 Å². The van der Waals surface area contributed by atoms with E-state index in [4.69, 9.17) is 14.2 Å². The molecule has 0 saturated heterocycles. The molecule has 2 aromatic carbocycles. The van der Waals surface area contributed by atoms with Gasteiger partial charge in [-0.3, -0.25) is 4.79 Å². The van der Waals surface area contributed by atoms with Crippen LogP contribution in [-0.4, -0.2) is 26.7 Å². The highest BCUT2D eigenvalue weighted by Gasteiger charge is 2.12. The number of carbonyl (C=O) groups is 1. The minimum atomic E-state index is -0.190. The quantitative estimate of drug-likeness (QED) is 0.853. The van der Waals surface area contributed by atoms with Crippen molar-refractivity contribution in [2.24, 2.45) is 0 Å². The molecule has 0 fully saturated rings. The number of rotatable bonds is 7. The van der Waals surface area contributed by atoms with E-state index in [1.165, 1.54) is 0 Å². The molecule has 0 aromatic heterocycles. The summed E-state index contributed by atoms with van der Waals surface area (Å²) < 4.78 is 16.1. The number of ether oxygens (including phenoxy) is 3. The van der Waals surface area contributed by atoms with Crippen LogP contribution in [0.1, 0.15) is 11.1 Å². The van der Waals surface area contributed by atoms with Gasteiger partial charge >= 0.3 is 0 Å². The molecule has 0 aliphatic heterocycles. The Balaban J connectivity index is 1.92. The fourth-order valence-corrected chi connectivity index (χ4v) is 2.28. The van der Waals surface area contributed by atoms with Crippen LogP contribution in [0.5, 0.6) is 17.2 Å². The van der Waals surface area contributed by atoms with Crippen LogP contribution in [0.25, 0.3) is 0 Å². The Labute approximate surface area is 136 Å². The van der Waals surface area contributed by atoms with E-state index in [-0.39, 0.29) is 12.5 Å². The van der Waals surface area contributed by atoms with Gasteiger partial charge in [0.2, 0.25) is 0 Å². The Morgan fingerprint density at radius 1 is 1.04 bits per heavy atom. The second-order valence-corrected chi connectivity index (χ2v) is 4.96. The number of para-hydroxylation sites is 1. The summed E-state index contributed by atoms with van der Waals surface area (Å²) in [5, 5.41) is 2.82. The van der Waals surface area contributed by atoms with Crippen LogP contribution in [0.4, 0.5) is 0 Å². The van der Waals surface area contributed by atoms with Gasteiger partial charge in [-0.15, -0.1) is 0 Å². The fourth-order valence-electron chi connectivity index (χ4n) is 2.28. The van der Waals surface area contributed by atoms with Crippen LogP contribution in [0.15, 0.2) is 42.5 Å². The third-order valence-electron chi connectivity index (χ3n) is 3.45. The molecule has 0 unspecified atom stereocenters. The van der Waals surface area contributed by atoms with Crippen LogP contribution in [0.3, 0.4) is 0 Å². The average Bonchev–Trinajstić information content (AvgIpc) is 2.59. The lowest BCUT2D eigenvalue weighted by Gasteiger charge is -2.15. The van der Waals surface area contributed by atoms with Gasteiger partial charge in [-0.25, -0.2) is 0 Å². The van der Waals surface area contributed by atoms with Crippen molar-refractivity contribution >= 4 is 5.91 Å². The smallest absolute Gasteiger partial charge is 0.258 e. The number of hydrogen-bond acceptors (Lipinski definition) is 4. The van der Waals surface area contributed by atoms with Gasteiger partial charge in [-0.05, 0) is 31.2 Å². The summed E-state index contributed by atoms with van der Waals surface area (Å²) >= 11 is 0. The van der Waals surface area contributed by atoms with Gasteiger partial charge in [-0.2, -0.15) is 0 Å². The van der Waals surface area contributed by atoms with Gasteiger partial charge < -0.3 is 19.5 Å². The van der Waals surface area contributed by atoms with Crippen LogP contribution in [-0.2, 0) is 11.3 Å². The molecule has 2 rings (SSSR count). The van der Waals surface area contributed by atoms with Crippen LogP contribution < -0.4 is 19.5 Å². The number of amides is 1. The zero-order valence-corrected chi connectivity index (χ0v) is 13.6. The second kappa shape index (κ2) is 8.08. The Morgan fingerprint density at radius 2 is 1.78 bits per heavy atom. The third-order valence-corrected chi connectivity index (χ3v) is 3.45. The first-order valence-corrected chi connectivity index (χ1v) is 7.30. The lowest BCUT2D eigenvalue weighted by Crippen LogP contribution is -2.28. The molecule has 0 saturated carbocycles. The first-order chi connectivity index (χ1) is 11.2. The van der Waals surface area contributed by atoms with Crippen molar-refractivity contribution < 1.29 is 19.0 Å². The molecule has 2 aromatic rings. The topological polar surface area (TPSA) is 56.8 Å². The van der Waals surface area contributed by atoms with Crippen LogP contribution >= 0.6 is 0 Å². The van der Waals surface area contributed by atoms with E-state index < -0.39 is 0 Å². The number of benzene rings is 2. The molecule has 0 atom stereocenters. The van der Waals surface area contributed by atoms with E-state index in [2.05, 4.69) is 5.32 Å². The summed E-state index contributed by atoms with van der Waals surface area (Å²) in [6.45, 7) is 2.26. The standard InChI is InChI=1S/C18H21NO4/c1-13-16(21-2)10-9-14(18(13)22-3)11-19-17(20)12-23-15-7-5-4-6-8-15/h4-10H,11-12H2,1-3H3,(H,19,20). The van der Waals surface area contributed by atoms with Gasteiger partial charge in [0, 0.05) is 17.7 Å². The molecule has 23 heavy (non-hydrogen) atoms. The molecule has 5 heteroatoms. The van der Waals surface area contributed by atoms with E-state index in [0.29, 0.717) is 18.0 Å². The summed E-state index contributed by atoms with van der Waals surface area (Å²) in [5.41, 5.74) is 1.79. The number of nitrogens with one attached hydrogen (secondary N) is 1. The molecule has 5 nitrogen and oxygen atoms in total. The Hall–Kier alpha value is -2.69. The maximum absolute atomic E-state index is 11.9.